The van der Waals surface area contributed by atoms with E-state index >= 15 is 0 Å². The van der Waals surface area contributed by atoms with Crippen LogP contribution in [0.4, 0.5) is 11.4 Å². The van der Waals surface area contributed by atoms with E-state index < -0.39 is 4.92 Å². The first-order valence-corrected chi connectivity index (χ1v) is 6.61. The van der Waals surface area contributed by atoms with Crippen molar-refractivity contribution in [2.75, 3.05) is 5.32 Å². The van der Waals surface area contributed by atoms with Crippen LogP contribution in [0.5, 0.6) is 0 Å². The number of Topliss-reactive ketones (excluding diaryl/α,β-unsaturated/α-hetero) is 1. The van der Waals surface area contributed by atoms with Crippen molar-refractivity contribution in [2.24, 2.45) is 0 Å². The maximum Gasteiger partial charge on any atom is 0.269 e. The van der Waals surface area contributed by atoms with E-state index in [2.05, 4.69) is 5.32 Å². The van der Waals surface area contributed by atoms with Gasteiger partial charge in [0, 0.05) is 24.2 Å². The predicted molar refractivity (Wildman–Crippen MR) is 81.2 cm³/mol. The Bertz CT molecular complexity index is 624. The number of nitrogens with one attached hydrogen (secondary N) is 1. The van der Waals surface area contributed by atoms with Gasteiger partial charge in [0.15, 0.2) is 0 Å². The zero-order chi connectivity index (χ0) is 15.2. The van der Waals surface area contributed by atoms with Crippen LogP contribution in [0, 0.1) is 10.1 Å². The number of ketones is 1. The molecule has 1 N–H and O–H groups in total. The summed E-state index contributed by atoms with van der Waals surface area (Å²) >= 11 is 0. The molecule has 2 aromatic carbocycles. The third kappa shape index (κ3) is 4.14. The molecule has 2 aromatic rings. The number of carbonyl (C=O) groups is 1. The molecule has 1 unspecified atom stereocenters. The highest BCUT2D eigenvalue weighted by Gasteiger charge is 2.14. The van der Waals surface area contributed by atoms with Gasteiger partial charge in [0.05, 0.1) is 11.0 Å². The molecule has 5 nitrogen and oxygen atoms in total. The smallest absolute Gasteiger partial charge is 0.269 e. The number of nitro benzene ring substituents is 1. The lowest BCUT2D eigenvalue weighted by atomic mass is 10.0. The predicted octanol–water partition coefficient (Wildman–Crippen LogP) is 3.73. The van der Waals surface area contributed by atoms with Crippen molar-refractivity contribution in [3.05, 3.63) is 70.3 Å². The number of nitro groups is 1. The Morgan fingerprint density at radius 2 is 1.76 bits per heavy atom. The minimum Gasteiger partial charge on any atom is -0.378 e. The van der Waals surface area contributed by atoms with Crippen molar-refractivity contribution in [1.29, 1.82) is 0 Å². The maximum atomic E-state index is 11.4. The molecule has 0 spiro atoms. The van der Waals surface area contributed by atoms with E-state index in [-0.39, 0.29) is 17.5 Å². The van der Waals surface area contributed by atoms with Crippen LogP contribution in [-0.4, -0.2) is 10.7 Å². The van der Waals surface area contributed by atoms with Crippen molar-refractivity contribution in [3.8, 4) is 0 Å². The zero-order valence-corrected chi connectivity index (χ0v) is 11.7. The second-order valence-corrected chi connectivity index (χ2v) is 4.82. The van der Waals surface area contributed by atoms with Crippen LogP contribution in [0.15, 0.2) is 54.6 Å². The summed E-state index contributed by atoms with van der Waals surface area (Å²) in [5, 5.41) is 13.9. The second kappa shape index (κ2) is 6.65. The third-order valence-electron chi connectivity index (χ3n) is 3.11. The van der Waals surface area contributed by atoms with Gasteiger partial charge in [-0.05, 0) is 24.6 Å². The van der Waals surface area contributed by atoms with Gasteiger partial charge in [-0.2, -0.15) is 0 Å². The van der Waals surface area contributed by atoms with Crippen LogP contribution in [0.25, 0.3) is 0 Å². The van der Waals surface area contributed by atoms with Crippen LogP contribution in [0.1, 0.15) is 24.9 Å². The fourth-order valence-electron chi connectivity index (χ4n) is 2.11. The van der Waals surface area contributed by atoms with Gasteiger partial charge < -0.3 is 5.32 Å². The molecule has 5 heteroatoms. The van der Waals surface area contributed by atoms with Crippen molar-refractivity contribution in [1.82, 2.24) is 0 Å². The number of hydrogen-bond acceptors (Lipinski definition) is 4. The number of benzene rings is 2. The molecule has 0 amide bonds. The average Bonchev–Trinajstić information content (AvgIpc) is 2.47. The molecule has 0 bridgehead atoms. The maximum absolute atomic E-state index is 11.4. The number of hydrogen-bond donors (Lipinski definition) is 1. The first kappa shape index (κ1) is 14.7. The van der Waals surface area contributed by atoms with Gasteiger partial charge in [0.1, 0.15) is 5.78 Å². The largest absolute Gasteiger partial charge is 0.378 e. The van der Waals surface area contributed by atoms with Crippen molar-refractivity contribution < 1.29 is 9.72 Å². The molecule has 0 aromatic heterocycles. The molecule has 2 rings (SSSR count). The molecule has 0 saturated carbocycles. The Labute approximate surface area is 122 Å². The lowest BCUT2D eigenvalue weighted by molar-refractivity contribution is -0.384. The Morgan fingerprint density at radius 3 is 2.29 bits per heavy atom. The molecule has 0 radical (unpaired) electrons. The third-order valence-corrected chi connectivity index (χ3v) is 3.11. The Hall–Kier alpha value is -2.69. The normalized spacial score (nSPS) is 11.7. The van der Waals surface area contributed by atoms with E-state index in [0.717, 1.165) is 11.3 Å². The number of carbonyl (C=O) groups excluding carboxylic acids is 1. The topological polar surface area (TPSA) is 72.2 Å². The molecular weight excluding hydrogens is 268 g/mol. The van der Waals surface area contributed by atoms with Crippen LogP contribution in [0.3, 0.4) is 0 Å². The lowest BCUT2D eigenvalue weighted by Crippen LogP contribution is -2.14. The summed E-state index contributed by atoms with van der Waals surface area (Å²) in [7, 11) is 0. The Balaban J connectivity index is 2.18. The number of nitrogens with zero attached hydrogens (tertiary/aromatic N) is 1. The summed E-state index contributed by atoms with van der Waals surface area (Å²) in [6, 6.07) is 15.7. The number of non-ortho nitro benzene ring substituents is 1. The average molecular weight is 284 g/mol. The molecule has 0 aliphatic rings. The van der Waals surface area contributed by atoms with Gasteiger partial charge >= 0.3 is 0 Å². The summed E-state index contributed by atoms with van der Waals surface area (Å²) < 4.78 is 0. The first-order valence-electron chi connectivity index (χ1n) is 6.61. The fraction of sp³-hybridized carbons (Fsp3) is 0.188. The Morgan fingerprint density at radius 1 is 1.14 bits per heavy atom. The van der Waals surface area contributed by atoms with E-state index in [1.165, 1.54) is 12.1 Å². The van der Waals surface area contributed by atoms with Crippen LogP contribution in [-0.2, 0) is 4.79 Å². The number of anilines is 1. The number of rotatable bonds is 6. The van der Waals surface area contributed by atoms with Gasteiger partial charge in [-0.25, -0.2) is 0 Å². The molecule has 0 saturated heterocycles. The van der Waals surface area contributed by atoms with Gasteiger partial charge in [-0.1, -0.05) is 30.3 Å². The highest BCUT2D eigenvalue weighted by molar-refractivity contribution is 5.77. The van der Waals surface area contributed by atoms with Gasteiger partial charge in [-0.3, -0.25) is 14.9 Å². The quantitative estimate of drug-likeness (QED) is 0.648. The highest BCUT2D eigenvalue weighted by atomic mass is 16.6. The summed E-state index contributed by atoms with van der Waals surface area (Å²) in [6.07, 6.45) is 0.362. The standard InChI is InChI=1S/C16H16N2O3/c1-12(19)11-16(13-5-3-2-4-6-13)17-14-7-9-15(10-8-14)18(20)21/h2-10,16-17H,11H2,1H3. The second-order valence-electron chi connectivity index (χ2n) is 4.82. The summed E-state index contributed by atoms with van der Waals surface area (Å²) in [4.78, 5) is 21.6. The van der Waals surface area contributed by atoms with Crippen LogP contribution in [0.2, 0.25) is 0 Å². The monoisotopic (exact) mass is 284 g/mol. The first-order chi connectivity index (χ1) is 10.1. The minimum atomic E-state index is -0.436. The van der Waals surface area contributed by atoms with E-state index in [0.29, 0.717) is 6.42 Å². The summed E-state index contributed by atoms with van der Waals surface area (Å²) in [6.45, 7) is 1.55. The van der Waals surface area contributed by atoms with E-state index in [9.17, 15) is 14.9 Å². The van der Waals surface area contributed by atoms with E-state index in [1.807, 2.05) is 30.3 Å². The van der Waals surface area contributed by atoms with Crippen molar-refractivity contribution >= 4 is 17.2 Å². The molecule has 0 aliphatic heterocycles. The van der Waals surface area contributed by atoms with E-state index in [1.54, 1.807) is 19.1 Å². The van der Waals surface area contributed by atoms with Crippen molar-refractivity contribution in [3.63, 3.8) is 0 Å². The molecular formula is C16H16N2O3. The van der Waals surface area contributed by atoms with Gasteiger partial charge in [0.25, 0.3) is 5.69 Å². The van der Waals surface area contributed by atoms with E-state index in [4.69, 9.17) is 0 Å². The summed E-state index contributed by atoms with van der Waals surface area (Å²) in [5.41, 5.74) is 1.80. The van der Waals surface area contributed by atoms with Crippen molar-refractivity contribution in [2.45, 2.75) is 19.4 Å². The fourth-order valence-corrected chi connectivity index (χ4v) is 2.11. The lowest BCUT2D eigenvalue weighted by Gasteiger charge is -2.19. The molecule has 0 aliphatic carbocycles. The molecule has 1 atom stereocenters. The van der Waals surface area contributed by atoms with Crippen LogP contribution < -0.4 is 5.32 Å². The SMILES string of the molecule is CC(=O)CC(Nc1ccc([N+](=O)[O-])cc1)c1ccccc1. The Kier molecular flexibility index (Phi) is 4.66. The van der Waals surface area contributed by atoms with Gasteiger partial charge in [0.2, 0.25) is 0 Å². The minimum absolute atomic E-state index is 0.0448. The molecule has 0 heterocycles. The molecule has 0 fully saturated rings. The zero-order valence-electron chi connectivity index (χ0n) is 11.7. The molecule has 108 valence electrons. The summed E-state index contributed by atoms with van der Waals surface area (Å²) in [5.74, 6) is 0.0817. The van der Waals surface area contributed by atoms with Crippen LogP contribution >= 0.6 is 0 Å². The molecule has 21 heavy (non-hydrogen) atoms. The van der Waals surface area contributed by atoms with Gasteiger partial charge in [-0.15, -0.1) is 0 Å². The highest BCUT2D eigenvalue weighted by Crippen LogP contribution is 2.24.